The molecular formula is C19H17NO3S. The Balaban J connectivity index is 1.75. The Bertz CT molecular complexity index is 788. The summed E-state index contributed by atoms with van der Waals surface area (Å²) in [5.41, 5.74) is 2.08. The highest BCUT2D eigenvalue weighted by Crippen LogP contribution is 2.28. The number of cyclic esters (lactones) is 1. The second kappa shape index (κ2) is 7.36. The van der Waals surface area contributed by atoms with Gasteiger partial charge in [-0.15, -0.1) is 18.3 Å². The number of esters is 1. The molecule has 0 saturated heterocycles. The molecule has 5 heteroatoms. The molecular weight excluding hydrogens is 322 g/mol. The van der Waals surface area contributed by atoms with E-state index in [-0.39, 0.29) is 5.91 Å². The molecule has 0 saturated carbocycles. The fourth-order valence-corrected chi connectivity index (χ4v) is 3.28. The number of benzene rings is 2. The summed E-state index contributed by atoms with van der Waals surface area (Å²) >= 11 is 1.58. The van der Waals surface area contributed by atoms with E-state index in [1.807, 2.05) is 42.5 Å². The van der Waals surface area contributed by atoms with Gasteiger partial charge in [0.05, 0.1) is 11.3 Å². The first-order chi connectivity index (χ1) is 11.7. The largest absolute Gasteiger partial charge is 0.448 e. The number of amides is 1. The van der Waals surface area contributed by atoms with Gasteiger partial charge in [0.15, 0.2) is 6.10 Å². The van der Waals surface area contributed by atoms with Crippen LogP contribution in [0.1, 0.15) is 15.9 Å². The van der Waals surface area contributed by atoms with Crippen molar-refractivity contribution in [3.8, 4) is 0 Å². The summed E-state index contributed by atoms with van der Waals surface area (Å²) in [7, 11) is 0. The number of carbonyl (C=O) groups excluding carboxylic acids is 2. The third-order valence-corrected chi connectivity index (χ3v) is 4.76. The normalized spacial score (nSPS) is 16.0. The minimum absolute atomic E-state index is 0.315. The van der Waals surface area contributed by atoms with Gasteiger partial charge in [0, 0.05) is 17.1 Å². The van der Waals surface area contributed by atoms with E-state index in [4.69, 9.17) is 4.74 Å². The van der Waals surface area contributed by atoms with Gasteiger partial charge in [0.1, 0.15) is 0 Å². The molecule has 1 unspecified atom stereocenters. The molecule has 0 bridgehead atoms. The number of thioether (sulfide) groups is 1. The lowest BCUT2D eigenvalue weighted by molar-refractivity contribution is -0.125. The average Bonchev–Trinajstić information content (AvgIpc) is 2.61. The lowest BCUT2D eigenvalue weighted by atomic mass is 9.98. The molecule has 1 N–H and O–H groups in total. The van der Waals surface area contributed by atoms with Gasteiger partial charge in [-0.25, -0.2) is 4.79 Å². The van der Waals surface area contributed by atoms with Gasteiger partial charge in [0.2, 0.25) is 0 Å². The third kappa shape index (κ3) is 3.51. The Labute approximate surface area is 144 Å². The Morgan fingerprint density at radius 3 is 2.83 bits per heavy atom. The zero-order valence-electron chi connectivity index (χ0n) is 13.0. The fourth-order valence-electron chi connectivity index (χ4n) is 2.54. The maximum atomic E-state index is 12.5. The van der Waals surface area contributed by atoms with Crippen molar-refractivity contribution in [1.29, 1.82) is 0 Å². The minimum atomic E-state index is -0.815. The van der Waals surface area contributed by atoms with Crippen LogP contribution in [0.3, 0.4) is 0 Å². The number of para-hydroxylation sites is 1. The van der Waals surface area contributed by atoms with Gasteiger partial charge in [-0.3, -0.25) is 4.79 Å². The summed E-state index contributed by atoms with van der Waals surface area (Å²) in [6, 6.07) is 14.7. The molecule has 1 atom stereocenters. The molecule has 0 fully saturated rings. The first kappa shape index (κ1) is 16.3. The number of carbonyl (C=O) groups is 2. The number of rotatable bonds is 5. The number of fused-ring (bicyclic) bond motifs is 1. The summed E-state index contributed by atoms with van der Waals surface area (Å²) in [5, 5.41) is 2.87. The van der Waals surface area contributed by atoms with Crippen LogP contribution in [0.25, 0.3) is 0 Å². The van der Waals surface area contributed by atoms with Crippen molar-refractivity contribution < 1.29 is 14.3 Å². The van der Waals surface area contributed by atoms with Gasteiger partial charge in [-0.05, 0) is 23.8 Å². The van der Waals surface area contributed by atoms with E-state index in [0.29, 0.717) is 17.7 Å². The van der Waals surface area contributed by atoms with Gasteiger partial charge in [-0.2, -0.15) is 0 Å². The summed E-state index contributed by atoms with van der Waals surface area (Å²) in [6.07, 6.45) is 1.38. The predicted octanol–water partition coefficient (Wildman–Crippen LogP) is 3.68. The smallest absolute Gasteiger partial charge is 0.339 e. The number of hydrogen-bond donors (Lipinski definition) is 1. The molecule has 24 heavy (non-hydrogen) atoms. The van der Waals surface area contributed by atoms with Crippen molar-refractivity contribution in [3.63, 3.8) is 0 Å². The van der Waals surface area contributed by atoms with Crippen molar-refractivity contribution in [3.05, 3.63) is 72.3 Å². The van der Waals surface area contributed by atoms with Crippen molar-refractivity contribution >= 4 is 29.3 Å². The number of hydrogen-bond acceptors (Lipinski definition) is 4. The highest BCUT2D eigenvalue weighted by Gasteiger charge is 2.31. The third-order valence-electron chi connectivity index (χ3n) is 3.69. The molecule has 1 aliphatic rings. The fraction of sp³-hybridized carbons (Fsp3) is 0.158. The quantitative estimate of drug-likeness (QED) is 0.513. The van der Waals surface area contributed by atoms with Crippen LogP contribution < -0.4 is 5.32 Å². The summed E-state index contributed by atoms with van der Waals surface area (Å²) in [6.45, 7) is 3.70. The van der Waals surface area contributed by atoms with Crippen LogP contribution in [0, 0.1) is 0 Å². The van der Waals surface area contributed by atoms with Gasteiger partial charge < -0.3 is 10.1 Å². The average molecular weight is 339 g/mol. The van der Waals surface area contributed by atoms with Crippen molar-refractivity contribution in [1.82, 2.24) is 0 Å². The highest BCUT2D eigenvalue weighted by molar-refractivity contribution is 7.99. The van der Waals surface area contributed by atoms with Crippen LogP contribution in [0.2, 0.25) is 0 Å². The molecule has 0 spiro atoms. The summed E-state index contributed by atoms with van der Waals surface area (Å²) in [4.78, 5) is 25.5. The topological polar surface area (TPSA) is 55.4 Å². The van der Waals surface area contributed by atoms with E-state index >= 15 is 0 Å². The lowest BCUT2D eigenvalue weighted by Gasteiger charge is -2.24. The molecule has 4 nitrogen and oxygen atoms in total. The molecule has 0 aromatic heterocycles. The first-order valence-corrected chi connectivity index (χ1v) is 8.60. The van der Waals surface area contributed by atoms with E-state index < -0.39 is 12.1 Å². The summed E-state index contributed by atoms with van der Waals surface area (Å²) in [5.74, 6) is -0.0191. The van der Waals surface area contributed by atoms with Crippen molar-refractivity contribution in [2.75, 3.05) is 11.1 Å². The molecule has 1 amide bonds. The van der Waals surface area contributed by atoms with E-state index in [1.165, 1.54) is 0 Å². The molecule has 1 aliphatic heterocycles. The standard InChI is InChI=1S/C19H17NO3S/c1-2-11-24-17-10-6-5-9-15(17)20-18(21)16-12-13-7-3-4-8-14(13)19(22)23-16/h2-10,16H,1,11-12H2,(H,20,21). The van der Waals surface area contributed by atoms with Gasteiger partial charge in [-0.1, -0.05) is 36.4 Å². The second-order valence-electron chi connectivity index (χ2n) is 5.34. The van der Waals surface area contributed by atoms with Gasteiger partial charge in [0.25, 0.3) is 5.91 Å². The molecule has 3 rings (SSSR count). The molecule has 2 aromatic rings. The number of anilines is 1. The van der Waals surface area contributed by atoms with Crippen LogP contribution in [0.15, 0.2) is 66.1 Å². The maximum absolute atomic E-state index is 12.5. The van der Waals surface area contributed by atoms with Gasteiger partial charge >= 0.3 is 5.97 Å². The van der Waals surface area contributed by atoms with Crippen molar-refractivity contribution in [2.45, 2.75) is 17.4 Å². The lowest BCUT2D eigenvalue weighted by Crippen LogP contribution is -2.38. The first-order valence-electron chi connectivity index (χ1n) is 7.61. The zero-order chi connectivity index (χ0) is 16.9. The Morgan fingerprint density at radius 1 is 1.25 bits per heavy atom. The minimum Gasteiger partial charge on any atom is -0.448 e. The van der Waals surface area contributed by atoms with Crippen molar-refractivity contribution in [2.24, 2.45) is 0 Å². The van der Waals surface area contributed by atoms with Crippen LogP contribution >= 0.6 is 11.8 Å². The molecule has 0 radical (unpaired) electrons. The maximum Gasteiger partial charge on any atom is 0.339 e. The Hall–Kier alpha value is -2.53. The summed E-state index contributed by atoms with van der Waals surface area (Å²) < 4.78 is 5.29. The van der Waals surface area contributed by atoms with Crippen LogP contribution in [-0.2, 0) is 16.0 Å². The number of nitrogens with one attached hydrogen (secondary N) is 1. The van der Waals surface area contributed by atoms with Crippen LogP contribution in [-0.4, -0.2) is 23.7 Å². The molecule has 2 aromatic carbocycles. The predicted molar refractivity (Wildman–Crippen MR) is 95.3 cm³/mol. The molecule has 1 heterocycles. The molecule has 0 aliphatic carbocycles. The van der Waals surface area contributed by atoms with Crippen LogP contribution in [0.4, 0.5) is 5.69 Å². The Morgan fingerprint density at radius 2 is 2.00 bits per heavy atom. The monoisotopic (exact) mass is 339 g/mol. The zero-order valence-corrected chi connectivity index (χ0v) is 13.8. The second-order valence-corrected chi connectivity index (χ2v) is 6.40. The Kier molecular flexibility index (Phi) is 5.01. The van der Waals surface area contributed by atoms with E-state index in [9.17, 15) is 9.59 Å². The SMILES string of the molecule is C=CCSc1ccccc1NC(=O)C1Cc2ccccc2C(=O)O1. The van der Waals surface area contributed by atoms with E-state index in [2.05, 4.69) is 11.9 Å². The molecule has 122 valence electrons. The van der Waals surface area contributed by atoms with E-state index in [0.717, 1.165) is 16.2 Å². The highest BCUT2D eigenvalue weighted by atomic mass is 32.2. The van der Waals surface area contributed by atoms with E-state index in [1.54, 1.807) is 23.9 Å². The number of ether oxygens (including phenoxy) is 1. The van der Waals surface area contributed by atoms with Crippen LogP contribution in [0.5, 0.6) is 0 Å².